The Labute approximate surface area is 411 Å². The Hall–Kier alpha value is -6.23. The molecule has 0 spiro atoms. The minimum atomic E-state index is -3.91. The lowest BCUT2D eigenvalue weighted by Gasteiger charge is -2.22. The average molecular weight is 1020 g/mol. The molecule has 0 saturated carbocycles. The van der Waals surface area contributed by atoms with Crippen molar-refractivity contribution in [3.8, 4) is 42.0 Å². The predicted octanol–water partition coefficient (Wildman–Crippen LogP) is 10.6. The third-order valence-electron chi connectivity index (χ3n) is 8.75. The third-order valence-corrected chi connectivity index (χ3v) is 14.5. The first-order valence-corrected chi connectivity index (χ1v) is 26.1. The molecule has 0 bridgehead atoms. The number of carbonyl (C=O) groups excluding carboxylic acids is 3. The minimum absolute atomic E-state index is 0.0436. The molecule has 4 aromatic carbocycles. The summed E-state index contributed by atoms with van der Waals surface area (Å²) in [6.45, 7) is 19.1. The summed E-state index contributed by atoms with van der Waals surface area (Å²) in [6, 6.07) is 23.8. The highest BCUT2D eigenvalue weighted by Crippen LogP contribution is 2.39. The summed E-state index contributed by atoms with van der Waals surface area (Å²) in [4.78, 5) is 45.5. The highest BCUT2D eigenvalue weighted by atomic mass is 32.2. The molecule has 2 aromatic heterocycles. The zero-order valence-corrected chi connectivity index (χ0v) is 43.4. The first-order valence-electron chi connectivity index (χ1n) is 21.5. The van der Waals surface area contributed by atoms with E-state index >= 15 is 0 Å². The Kier molecular flexibility index (Phi) is 17.1. The van der Waals surface area contributed by atoms with Crippen LogP contribution in [0.25, 0.3) is 42.0 Å². The van der Waals surface area contributed by atoms with Crippen molar-refractivity contribution >= 4 is 83.6 Å². The number of nitrogen functional groups attached to an aromatic ring is 1. The zero-order chi connectivity index (χ0) is 51.1. The van der Waals surface area contributed by atoms with E-state index in [9.17, 15) is 31.2 Å². The van der Waals surface area contributed by atoms with Crippen LogP contribution in [0, 0.1) is 0 Å². The highest BCUT2D eigenvalue weighted by molar-refractivity contribution is 7.90. The van der Waals surface area contributed by atoms with E-state index in [1.54, 1.807) is 130 Å². The van der Waals surface area contributed by atoms with E-state index in [0.29, 0.717) is 53.6 Å². The Morgan fingerprint density at radius 2 is 0.942 bits per heavy atom. The first-order chi connectivity index (χ1) is 32.1. The summed E-state index contributed by atoms with van der Waals surface area (Å²) >= 11 is 2.70. The van der Waals surface area contributed by atoms with Gasteiger partial charge in [0.15, 0.2) is 0 Å². The molecule has 7 N–H and O–H groups in total. The number of ether oxygens (including phenoxy) is 2. The van der Waals surface area contributed by atoms with Crippen LogP contribution in [0.5, 0.6) is 0 Å². The van der Waals surface area contributed by atoms with E-state index in [2.05, 4.69) is 35.4 Å². The van der Waals surface area contributed by atoms with Crippen molar-refractivity contribution in [1.29, 1.82) is 0 Å². The van der Waals surface area contributed by atoms with Gasteiger partial charge in [0.25, 0.3) is 0 Å². The maximum Gasteiger partial charge on any atom is 0.411 e. The summed E-state index contributed by atoms with van der Waals surface area (Å²) in [5, 5.41) is 9.36. The van der Waals surface area contributed by atoms with Crippen LogP contribution in [0.15, 0.2) is 107 Å². The van der Waals surface area contributed by atoms with Crippen LogP contribution in [0.4, 0.5) is 32.3 Å². The van der Waals surface area contributed by atoms with Crippen molar-refractivity contribution in [2.75, 3.05) is 21.7 Å². The largest absolute Gasteiger partial charge is 0.447 e. The quantitative estimate of drug-likeness (QED) is 0.0591. The van der Waals surface area contributed by atoms with E-state index in [0.717, 1.165) is 11.1 Å². The number of hydrogen-bond donors (Lipinski definition) is 6. The van der Waals surface area contributed by atoms with Crippen molar-refractivity contribution in [2.45, 2.75) is 109 Å². The number of nitrogens with two attached hydrogens (primary N) is 1. The van der Waals surface area contributed by atoms with Crippen LogP contribution in [0.2, 0.25) is 0 Å². The fourth-order valence-electron chi connectivity index (χ4n) is 6.29. The number of rotatable bonds is 13. The number of aromatic nitrogens is 2. The number of nitrogens with one attached hydrogen (secondary N) is 5. The normalized spacial score (nSPS) is 12.0. The molecule has 0 radical (unpaired) electrons. The van der Waals surface area contributed by atoms with Crippen LogP contribution in [0.1, 0.15) is 76.2 Å². The van der Waals surface area contributed by atoms with Gasteiger partial charge < -0.3 is 20.5 Å². The van der Waals surface area contributed by atoms with Gasteiger partial charge in [-0.25, -0.2) is 45.8 Å². The van der Waals surface area contributed by atoms with Gasteiger partial charge in [-0.1, -0.05) is 12.1 Å². The fraction of sp³-hybridized carbons (Fsp3) is 0.312. The molecular formula is C48H58N8O9S4. The van der Waals surface area contributed by atoms with Crippen molar-refractivity contribution in [3.63, 3.8) is 0 Å². The first kappa shape index (κ1) is 53.7. The molecule has 0 aliphatic carbocycles. The lowest BCUT2D eigenvalue weighted by Crippen LogP contribution is -2.40. The van der Waals surface area contributed by atoms with Gasteiger partial charge in [0.1, 0.15) is 10.0 Å². The van der Waals surface area contributed by atoms with E-state index < -0.39 is 43.3 Å². The molecule has 6 rings (SSSR count). The van der Waals surface area contributed by atoms with Gasteiger partial charge in [-0.2, -0.15) is 0 Å². The second-order valence-corrected chi connectivity index (χ2v) is 23.6. The maximum absolute atomic E-state index is 13.3. The summed E-state index contributed by atoms with van der Waals surface area (Å²) in [6.07, 6.45) is 1.78. The summed E-state index contributed by atoms with van der Waals surface area (Å²) in [5.41, 5.74) is 9.11. The molecule has 3 amide bonds. The number of anilines is 4. The lowest BCUT2D eigenvalue weighted by molar-refractivity contribution is -0.114. The molecule has 0 saturated heterocycles. The Morgan fingerprint density at radius 3 is 1.32 bits per heavy atom. The maximum atomic E-state index is 13.3. The Bertz CT molecular complexity index is 3010. The fourth-order valence-corrected chi connectivity index (χ4v) is 11.7. The van der Waals surface area contributed by atoms with Crippen molar-refractivity contribution in [1.82, 2.24) is 19.4 Å². The summed E-state index contributed by atoms with van der Waals surface area (Å²) in [5.74, 6) is -0.301. The molecule has 0 unspecified atom stereocenters. The molecule has 69 heavy (non-hydrogen) atoms. The van der Waals surface area contributed by atoms with Gasteiger partial charge in [-0.05, 0) is 142 Å². The average Bonchev–Trinajstić information content (AvgIpc) is 3.91. The molecule has 0 atom stereocenters. The molecule has 21 heteroatoms. The minimum Gasteiger partial charge on any atom is -0.447 e. The SMILES string of the molecule is CC(=O)Nc1ccc(-c2cnc(-c3ccc(NC(=O)OC(C)C)cc3)s2)c(S(=O)(=O)NC(C)(C)C)c1.CC(C)OC(=O)Nc1ccc(-c2ncc(-c3ccc(N)cc3S(=O)(=O)NC(C)(C)C)s2)cc1. The summed E-state index contributed by atoms with van der Waals surface area (Å²) in [7, 11) is -7.71. The molecule has 6 aromatic rings. The highest BCUT2D eigenvalue weighted by Gasteiger charge is 2.28. The van der Waals surface area contributed by atoms with Crippen LogP contribution in [-0.4, -0.2) is 68.2 Å². The molecule has 0 fully saturated rings. The number of carbonyl (C=O) groups is 3. The van der Waals surface area contributed by atoms with Crippen LogP contribution >= 0.6 is 22.7 Å². The van der Waals surface area contributed by atoms with Gasteiger partial charge >= 0.3 is 12.2 Å². The Morgan fingerprint density at radius 1 is 0.565 bits per heavy atom. The van der Waals surface area contributed by atoms with Crippen molar-refractivity contribution in [2.24, 2.45) is 0 Å². The van der Waals surface area contributed by atoms with Crippen molar-refractivity contribution in [3.05, 3.63) is 97.3 Å². The van der Waals surface area contributed by atoms with E-state index in [1.165, 1.54) is 41.7 Å². The second-order valence-electron chi connectivity index (χ2n) is 18.2. The van der Waals surface area contributed by atoms with Crippen LogP contribution in [-0.2, 0) is 34.3 Å². The van der Waals surface area contributed by atoms with E-state index in [-0.39, 0.29) is 27.9 Å². The molecule has 17 nitrogen and oxygen atoms in total. The monoisotopic (exact) mass is 1020 g/mol. The molecule has 368 valence electrons. The van der Waals surface area contributed by atoms with Crippen molar-refractivity contribution < 1.29 is 40.7 Å². The van der Waals surface area contributed by atoms with Gasteiger partial charge in [0, 0.05) is 75.4 Å². The zero-order valence-electron chi connectivity index (χ0n) is 40.2. The topological polar surface area (TPSA) is 250 Å². The number of thiazole rings is 2. The number of benzene rings is 4. The van der Waals surface area contributed by atoms with Gasteiger partial charge in [-0.3, -0.25) is 15.4 Å². The van der Waals surface area contributed by atoms with Gasteiger partial charge in [-0.15, -0.1) is 22.7 Å². The van der Waals surface area contributed by atoms with E-state index in [1.807, 2.05) is 24.3 Å². The number of amides is 3. The molecule has 0 aliphatic rings. The van der Waals surface area contributed by atoms with Crippen LogP contribution < -0.4 is 31.1 Å². The Balaban J connectivity index is 0.000000258. The van der Waals surface area contributed by atoms with Gasteiger partial charge in [0.05, 0.1) is 31.8 Å². The van der Waals surface area contributed by atoms with Crippen LogP contribution in [0.3, 0.4) is 0 Å². The number of sulfonamides is 2. The number of nitrogens with zero attached hydrogens (tertiary/aromatic N) is 2. The second kappa shape index (κ2) is 22.0. The molecule has 0 aliphatic heterocycles. The lowest BCUT2D eigenvalue weighted by atomic mass is 10.1. The summed E-state index contributed by atoms with van der Waals surface area (Å²) < 4.78 is 68.1. The number of hydrogen-bond acceptors (Lipinski definition) is 14. The smallest absolute Gasteiger partial charge is 0.411 e. The standard InChI is InChI=1S/C25H30N4O5S2.C23H28N4O4S2/c1-15(2)34-24(31)28-18-9-7-17(8-10-18)23-26-14-21(35-23)20-12-11-19(27-16(3)30)13-22(20)36(32,33)29-25(4,5)6;1-14(2)31-22(28)26-17-9-6-15(7-10-17)21-25-13-19(32-21)18-11-8-16(24)12-20(18)33(29,30)27-23(3,4)5/h7-15,29H,1-6H3,(H,27,30)(H,28,31);6-14,27H,24H2,1-5H3,(H,26,28). The molecular weight excluding hydrogens is 961 g/mol. The predicted molar refractivity (Wildman–Crippen MR) is 275 cm³/mol. The van der Waals surface area contributed by atoms with Gasteiger partial charge in [0.2, 0.25) is 26.0 Å². The van der Waals surface area contributed by atoms with E-state index in [4.69, 9.17) is 15.2 Å². The molecule has 2 heterocycles. The third kappa shape index (κ3) is 15.9.